The van der Waals surface area contributed by atoms with Gasteiger partial charge >= 0.3 is 0 Å². The van der Waals surface area contributed by atoms with Gasteiger partial charge in [0.2, 0.25) is 5.91 Å². The molecule has 0 spiro atoms. The van der Waals surface area contributed by atoms with E-state index in [1.165, 1.54) is 0 Å². The van der Waals surface area contributed by atoms with E-state index in [0.29, 0.717) is 11.4 Å². The van der Waals surface area contributed by atoms with Crippen LogP contribution in [0.5, 0.6) is 0 Å². The molecule has 0 aliphatic carbocycles. The van der Waals surface area contributed by atoms with Crippen molar-refractivity contribution < 1.29 is 4.79 Å². The molecule has 1 aromatic heterocycles. The van der Waals surface area contributed by atoms with Crippen LogP contribution >= 0.6 is 11.6 Å². The Morgan fingerprint density at radius 2 is 2.25 bits per heavy atom. The van der Waals surface area contributed by atoms with E-state index in [4.69, 9.17) is 17.3 Å². The zero-order valence-electron chi connectivity index (χ0n) is 10.9. The number of fused-ring (bicyclic) bond motifs is 1. The van der Waals surface area contributed by atoms with E-state index in [9.17, 15) is 4.79 Å². The molecule has 1 fully saturated rings. The average Bonchev–Trinajstić information content (AvgIpc) is 2.46. The summed E-state index contributed by atoms with van der Waals surface area (Å²) in [7, 11) is 0. The number of piperidine rings is 1. The van der Waals surface area contributed by atoms with Crippen molar-refractivity contribution in [2.75, 3.05) is 11.4 Å². The normalized spacial score (nSPS) is 19.2. The van der Waals surface area contributed by atoms with Crippen molar-refractivity contribution in [3.8, 4) is 0 Å². The van der Waals surface area contributed by atoms with Crippen molar-refractivity contribution in [3.63, 3.8) is 0 Å². The van der Waals surface area contributed by atoms with Crippen LogP contribution in [0, 0.1) is 6.42 Å². The predicted molar refractivity (Wildman–Crippen MR) is 80.6 cm³/mol. The molecule has 1 aromatic carbocycles. The Labute approximate surface area is 122 Å². The number of rotatable bonds is 2. The lowest BCUT2D eigenvalue weighted by molar-refractivity contribution is -0.119. The number of carbonyl (C=O) groups excluding carboxylic acids is 1. The Morgan fingerprint density at radius 3 is 3.05 bits per heavy atom. The zero-order valence-corrected chi connectivity index (χ0v) is 11.7. The fourth-order valence-electron chi connectivity index (χ4n) is 2.70. The van der Waals surface area contributed by atoms with E-state index >= 15 is 0 Å². The Morgan fingerprint density at radius 1 is 1.40 bits per heavy atom. The maximum absolute atomic E-state index is 11.7. The molecule has 2 heterocycles. The fraction of sp³-hybridized carbons (Fsp3) is 0.267. The van der Waals surface area contributed by atoms with Crippen LogP contribution in [0.4, 0.5) is 5.69 Å². The first-order valence-corrected chi connectivity index (χ1v) is 6.96. The van der Waals surface area contributed by atoms with Gasteiger partial charge in [-0.25, -0.2) is 0 Å². The summed E-state index contributed by atoms with van der Waals surface area (Å²) in [4.78, 5) is 18.1. The summed E-state index contributed by atoms with van der Waals surface area (Å²) in [6.07, 6.45) is 5.49. The second-order valence-corrected chi connectivity index (χ2v) is 5.35. The SMILES string of the molecule is NC(=O)C1C[CH]CCN1c1ccnc2cc(Cl)ccc12. The van der Waals surface area contributed by atoms with Crippen molar-refractivity contribution in [3.05, 3.63) is 41.9 Å². The number of amides is 1. The number of hydrogen-bond acceptors (Lipinski definition) is 3. The first-order chi connectivity index (χ1) is 9.66. The number of anilines is 1. The Balaban J connectivity index is 2.10. The smallest absolute Gasteiger partial charge is 0.240 e. The molecule has 3 rings (SSSR count). The number of benzene rings is 1. The van der Waals surface area contributed by atoms with Gasteiger partial charge in [0.25, 0.3) is 0 Å². The highest BCUT2D eigenvalue weighted by molar-refractivity contribution is 6.31. The molecule has 1 atom stereocenters. The number of hydrogen-bond donors (Lipinski definition) is 1. The van der Waals surface area contributed by atoms with Crippen LogP contribution in [-0.4, -0.2) is 23.5 Å². The van der Waals surface area contributed by atoms with Crippen LogP contribution in [0.3, 0.4) is 0 Å². The van der Waals surface area contributed by atoms with E-state index in [1.54, 1.807) is 6.20 Å². The predicted octanol–water partition coefficient (Wildman–Crippen LogP) is 2.55. The first kappa shape index (κ1) is 13.2. The van der Waals surface area contributed by atoms with E-state index in [2.05, 4.69) is 16.3 Å². The summed E-state index contributed by atoms with van der Waals surface area (Å²) in [5.74, 6) is -0.292. The average molecular weight is 289 g/mol. The topological polar surface area (TPSA) is 59.2 Å². The molecule has 1 aliphatic rings. The lowest BCUT2D eigenvalue weighted by Gasteiger charge is -2.36. The second kappa shape index (κ2) is 5.29. The number of nitrogens with two attached hydrogens (primary N) is 1. The quantitative estimate of drug-likeness (QED) is 0.924. The summed E-state index contributed by atoms with van der Waals surface area (Å²) in [5.41, 5.74) is 7.34. The minimum Gasteiger partial charge on any atom is -0.368 e. The highest BCUT2D eigenvalue weighted by Crippen LogP contribution is 2.31. The van der Waals surface area contributed by atoms with Crippen LogP contribution in [0.1, 0.15) is 12.8 Å². The van der Waals surface area contributed by atoms with Crippen LogP contribution in [0.15, 0.2) is 30.5 Å². The Bertz CT molecular complexity index is 659. The van der Waals surface area contributed by atoms with Crippen molar-refractivity contribution in [2.24, 2.45) is 5.73 Å². The van der Waals surface area contributed by atoms with Crippen molar-refractivity contribution in [1.82, 2.24) is 4.98 Å². The summed E-state index contributed by atoms with van der Waals surface area (Å²) >= 11 is 6.00. The van der Waals surface area contributed by atoms with Crippen molar-refractivity contribution >= 4 is 34.1 Å². The lowest BCUT2D eigenvalue weighted by Crippen LogP contribution is -2.48. The molecule has 1 unspecified atom stereocenters. The van der Waals surface area contributed by atoms with Crippen molar-refractivity contribution in [1.29, 1.82) is 0 Å². The standard InChI is InChI=1S/C15H15ClN3O/c16-10-4-5-11-12(9-10)18-7-6-13(11)19-8-2-1-3-14(19)15(17)20/h1,4-7,9,14H,2-3,8H2,(H2,17,20). The monoisotopic (exact) mass is 288 g/mol. The van der Waals surface area contributed by atoms with E-state index in [-0.39, 0.29) is 11.9 Å². The highest BCUT2D eigenvalue weighted by Gasteiger charge is 2.28. The van der Waals surface area contributed by atoms with Crippen LogP contribution in [0.25, 0.3) is 10.9 Å². The third-order valence-electron chi connectivity index (χ3n) is 3.66. The molecule has 4 nitrogen and oxygen atoms in total. The minimum absolute atomic E-state index is 0.287. The molecule has 2 N–H and O–H groups in total. The highest BCUT2D eigenvalue weighted by atomic mass is 35.5. The van der Waals surface area contributed by atoms with Gasteiger partial charge in [-0.15, -0.1) is 0 Å². The number of carbonyl (C=O) groups is 1. The van der Waals surface area contributed by atoms with Crippen LogP contribution in [0.2, 0.25) is 5.02 Å². The molecule has 2 aromatic rings. The van der Waals surface area contributed by atoms with Gasteiger partial charge < -0.3 is 10.6 Å². The van der Waals surface area contributed by atoms with Gasteiger partial charge in [0.15, 0.2) is 0 Å². The molecular formula is C15H15ClN3O. The molecule has 20 heavy (non-hydrogen) atoms. The Hall–Kier alpha value is -1.81. The summed E-state index contributed by atoms with van der Waals surface area (Å²) < 4.78 is 0. The third kappa shape index (κ3) is 2.31. The van der Waals surface area contributed by atoms with Gasteiger partial charge in [-0.2, -0.15) is 0 Å². The maximum atomic E-state index is 11.7. The van der Waals surface area contributed by atoms with Gasteiger partial charge in [0, 0.05) is 28.8 Å². The fourth-order valence-corrected chi connectivity index (χ4v) is 2.87. The van der Waals surface area contributed by atoms with Gasteiger partial charge in [0.1, 0.15) is 6.04 Å². The number of halogens is 1. The molecule has 1 amide bonds. The minimum atomic E-state index is -0.292. The third-order valence-corrected chi connectivity index (χ3v) is 3.89. The summed E-state index contributed by atoms with van der Waals surface area (Å²) in [6, 6.07) is 7.25. The van der Waals surface area contributed by atoms with E-state index in [0.717, 1.165) is 29.6 Å². The molecule has 0 saturated carbocycles. The maximum Gasteiger partial charge on any atom is 0.240 e. The van der Waals surface area contributed by atoms with Gasteiger partial charge in [-0.3, -0.25) is 9.78 Å². The number of primary amides is 1. The molecule has 1 saturated heterocycles. The lowest BCUT2D eigenvalue weighted by atomic mass is 10.00. The molecule has 1 radical (unpaired) electrons. The van der Waals surface area contributed by atoms with Crippen LogP contribution in [-0.2, 0) is 4.79 Å². The number of nitrogens with zero attached hydrogens (tertiary/aromatic N) is 2. The molecule has 5 heteroatoms. The Kier molecular flexibility index (Phi) is 3.49. The number of pyridine rings is 1. The first-order valence-electron chi connectivity index (χ1n) is 6.59. The van der Waals surface area contributed by atoms with Crippen molar-refractivity contribution in [2.45, 2.75) is 18.9 Å². The van der Waals surface area contributed by atoms with E-state index < -0.39 is 0 Å². The van der Waals surface area contributed by atoms with Gasteiger partial charge in [-0.1, -0.05) is 11.6 Å². The largest absolute Gasteiger partial charge is 0.368 e. The molecule has 103 valence electrons. The molecule has 0 bridgehead atoms. The summed E-state index contributed by atoms with van der Waals surface area (Å²) in [6.45, 7) is 0.787. The number of aromatic nitrogens is 1. The van der Waals surface area contributed by atoms with Crippen LogP contribution < -0.4 is 10.6 Å². The van der Waals surface area contributed by atoms with Gasteiger partial charge in [-0.05, 0) is 43.5 Å². The second-order valence-electron chi connectivity index (χ2n) is 4.92. The zero-order chi connectivity index (χ0) is 14.1. The molecule has 1 aliphatic heterocycles. The summed E-state index contributed by atoms with van der Waals surface area (Å²) in [5, 5.41) is 1.64. The van der Waals surface area contributed by atoms with Gasteiger partial charge in [0.05, 0.1) is 5.52 Å². The van der Waals surface area contributed by atoms with E-state index in [1.807, 2.05) is 24.3 Å². The molecular weight excluding hydrogens is 274 g/mol.